The third-order valence-corrected chi connectivity index (χ3v) is 6.39. The van der Waals surface area contributed by atoms with Crippen LogP contribution in [-0.2, 0) is 21.1 Å². The maximum atomic E-state index is 12.0. The predicted molar refractivity (Wildman–Crippen MR) is 102 cm³/mol. The summed E-state index contributed by atoms with van der Waals surface area (Å²) in [6.45, 7) is 0.878. The van der Waals surface area contributed by atoms with E-state index in [0.717, 1.165) is 12.8 Å². The van der Waals surface area contributed by atoms with Gasteiger partial charge in [-0.05, 0) is 44.0 Å². The second-order valence-electron chi connectivity index (χ2n) is 6.99. The lowest BCUT2D eigenvalue weighted by molar-refractivity contribution is -0.122. The highest BCUT2D eigenvalue weighted by Gasteiger charge is 2.31. The molecular weight excluding hydrogens is 338 g/mol. The van der Waals surface area contributed by atoms with Crippen molar-refractivity contribution in [2.45, 2.75) is 25.3 Å². The molecule has 1 amide bonds. The summed E-state index contributed by atoms with van der Waals surface area (Å²) in [4.78, 5) is 15.9. The van der Waals surface area contributed by atoms with Crippen LogP contribution in [0.3, 0.4) is 0 Å². The van der Waals surface area contributed by atoms with Gasteiger partial charge in [0.2, 0.25) is 5.91 Å². The number of sulfone groups is 1. The van der Waals surface area contributed by atoms with Crippen molar-refractivity contribution in [3.05, 3.63) is 29.8 Å². The Kier molecular flexibility index (Phi) is 6.84. The first-order valence-electron chi connectivity index (χ1n) is 8.70. The van der Waals surface area contributed by atoms with Gasteiger partial charge in [0, 0.05) is 32.4 Å². The van der Waals surface area contributed by atoms with Gasteiger partial charge >= 0.3 is 0 Å². The molecule has 0 aromatic heterocycles. The maximum Gasteiger partial charge on any atom is 0.234 e. The summed E-state index contributed by atoms with van der Waals surface area (Å²) in [5, 5.41) is 2.92. The van der Waals surface area contributed by atoms with Gasteiger partial charge in [0.25, 0.3) is 0 Å². The van der Waals surface area contributed by atoms with E-state index < -0.39 is 9.84 Å². The van der Waals surface area contributed by atoms with Crippen molar-refractivity contribution in [3.63, 3.8) is 0 Å². The summed E-state index contributed by atoms with van der Waals surface area (Å²) in [7, 11) is 2.94. The molecule has 0 bridgehead atoms. The summed E-state index contributed by atoms with van der Waals surface area (Å²) >= 11 is 0. The van der Waals surface area contributed by atoms with Gasteiger partial charge in [0.15, 0.2) is 9.84 Å². The van der Waals surface area contributed by atoms with Gasteiger partial charge in [-0.2, -0.15) is 0 Å². The van der Waals surface area contributed by atoms with Crippen molar-refractivity contribution in [2.75, 3.05) is 50.6 Å². The molecule has 1 saturated heterocycles. The van der Waals surface area contributed by atoms with Gasteiger partial charge in [-0.15, -0.1) is 0 Å². The van der Waals surface area contributed by atoms with E-state index >= 15 is 0 Å². The highest BCUT2D eigenvalue weighted by molar-refractivity contribution is 7.91. The van der Waals surface area contributed by atoms with Crippen molar-refractivity contribution in [1.29, 1.82) is 0 Å². The topological polar surface area (TPSA) is 69.7 Å². The van der Waals surface area contributed by atoms with Gasteiger partial charge in [-0.25, -0.2) is 8.42 Å². The molecule has 1 aliphatic rings. The molecule has 140 valence electrons. The van der Waals surface area contributed by atoms with Crippen LogP contribution in [-0.4, -0.2) is 71.0 Å². The number of anilines is 1. The lowest BCUT2D eigenvalue weighted by atomic mass is 10.1. The first-order chi connectivity index (χ1) is 11.8. The molecular formula is C18H29N3O3S. The van der Waals surface area contributed by atoms with E-state index in [4.69, 9.17) is 0 Å². The Hall–Kier alpha value is -1.60. The first-order valence-corrected chi connectivity index (χ1v) is 10.5. The van der Waals surface area contributed by atoms with Crippen LogP contribution >= 0.6 is 0 Å². The number of carbonyl (C=O) groups excluding carboxylic acids is 1. The van der Waals surface area contributed by atoms with Gasteiger partial charge in [0.1, 0.15) is 0 Å². The summed E-state index contributed by atoms with van der Waals surface area (Å²) < 4.78 is 23.0. The predicted octanol–water partition coefficient (Wildman–Crippen LogP) is 0.920. The van der Waals surface area contributed by atoms with E-state index in [1.165, 1.54) is 11.3 Å². The minimum Gasteiger partial charge on any atom is -0.378 e. The van der Waals surface area contributed by atoms with Gasteiger partial charge in [-0.3, -0.25) is 9.69 Å². The summed E-state index contributed by atoms with van der Waals surface area (Å²) in [5.41, 5.74) is 2.43. The smallest absolute Gasteiger partial charge is 0.234 e. The fraction of sp³-hybridized carbons (Fsp3) is 0.611. The number of benzene rings is 1. The van der Waals surface area contributed by atoms with Gasteiger partial charge < -0.3 is 10.2 Å². The zero-order valence-corrected chi connectivity index (χ0v) is 16.2. The highest BCUT2D eigenvalue weighted by atomic mass is 32.2. The van der Waals surface area contributed by atoms with Crippen molar-refractivity contribution < 1.29 is 13.2 Å². The molecule has 1 atom stereocenters. The summed E-state index contributed by atoms with van der Waals surface area (Å²) in [5.74, 6) is 0.352. The number of nitrogens with zero attached hydrogens (tertiary/aromatic N) is 2. The lowest BCUT2D eigenvalue weighted by Crippen LogP contribution is -2.41. The molecule has 0 aliphatic carbocycles. The molecule has 2 rings (SSSR count). The van der Waals surface area contributed by atoms with Crippen LogP contribution in [0, 0.1) is 0 Å². The number of nitrogens with one attached hydrogen (secondary N) is 1. The number of rotatable bonds is 8. The van der Waals surface area contributed by atoms with Crippen LogP contribution in [0.4, 0.5) is 5.69 Å². The van der Waals surface area contributed by atoms with Gasteiger partial charge in [-0.1, -0.05) is 12.1 Å². The van der Waals surface area contributed by atoms with Crippen molar-refractivity contribution in [3.8, 4) is 0 Å². The molecule has 1 N–H and O–H groups in total. The molecule has 0 radical (unpaired) electrons. The lowest BCUT2D eigenvalue weighted by Gasteiger charge is -2.22. The molecule has 1 unspecified atom stereocenters. The number of carbonyl (C=O) groups is 1. The van der Waals surface area contributed by atoms with E-state index in [9.17, 15) is 13.2 Å². The van der Waals surface area contributed by atoms with E-state index in [-0.39, 0.29) is 30.0 Å². The minimum atomic E-state index is -2.91. The second-order valence-corrected chi connectivity index (χ2v) is 9.22. The van der Waals surface area contributed by atoms with E-state index in [2.05, 4.69) is 34.5 Å². The molecule has 7 heteroatoms. The van der Waals surface area contributed by atoms with Crippen LogP contribution in [0.25, 0.3) is 0 Å². The third kappa shape index (κ3) is 6.32. The van der Waals surface area contributed by atoms with Crippen LogP contribution in [0.2, 0.25) is 0 Å². The summed E-state index contributed by atoms with van der Waals surface area (Å²) in [6.07, 6.45) is 2.42. The summed E-state index contributed by atoms with van der Waals surface area (Å²) in [6, 6.07) is 8.39. The normalized spacial score (nSPS) is 19.1. The molecule has 0 saturated carbocycles. The van der Waals surface area contributed by atoms with Gasteiger partial charge in [0.05, 0.1) is 18.1 Å². The second kappa shape index (κ2) is 8.67. The zero-order chi connectivity index (χ0) is 18.4. The number of hydrogen-bond acceptors (Lipinski definition) is 5. The Morgan fingerprint density at radius 2 is 1.88 bits per heavy atom. The monoisotopic (exact) mass is 367 g/mol. The average Bonchev–Trinajstić information content (AvgIpc) is 2.92. The zero-order valence-electron chi connectivity index (χ0n) is 15.4. The molecule has 0 spiro atoms. The van der Waals surface area contributed by atoms with Crippen molar-refractivity contribution in [2.24, 2.45) is 0 Å². The van der Waals surface area contributed by atoms with Crippen LogP contribution < -0.4 is 10.2 Å². The quantitative estimate of drug-likeness (QED) is 0.692. The number of hydrogen-bond donors (Lipinski definition) is 1. The van der Waals surface area contributed by atoms with Crippen molar-refractivity contribution >= 4 is 21.4 Å². The molecule has 1 heterocycles. The van der Waals surface area contributed by atoms with Crippen molar-refractivity contribution in [1.82, 2.24) is 10.2 Å². The standard InChI is InChI=1S/C18H29N3O3S/c1-20(2)16-8-6-15(7-9-16)5-4-11-19-18(22)13-21(3)17-10-12-25(23,24)14-17/h6-9,17H,4-5,10-14H2,1-3H3,(H,19,22). The molecule has 6 nitrogen and oxygen atoms in total. The Morgan fingerprint density at radius 1 is 1.20 bits per heavy atom. The number of amides is 1. The van der Waals surface area contributed by atoms with E-state index in [1.54, 1.807) is 0 Å². The Labute approximate surface area is 151 Å². The molecule has 1 fully saturated rings. The third-order valence-electron chi connectivity index (χ3n) is 4.64. The minimum absolute atomic E-state index is 0.0361. The first kappa shape index (κ1) is 19.7. The molecule has 25 heavy (non-hydrogen) atoms. The van der Waals surface area contributed by atoms with E-state index in [1.807, 2.05) is 26.0 Å². The van der Waals surface area contributed by atoms with Crippen LogP contribution in [0.15, 0.2) is 24.3 Å². The average molecular weight is 368 g/mol. The molecule has 1 aromatic carbocycles. The largest absolute Gasteiger partial charge is 0.378 e. The molecule has 1 aromatic rings. The highest BCUT2D eigenvalue weighted by Crippen LogP contribution is 2.16. The number of aryl methyl sites for hydroxylation is 1. The van der Waals surface area contributed by atoms with Crippen LogP contribution in [0.1, 0.15) is 18.4 Å². The number of likely N-dealkylation sites (N-methyl/N-ethyl adjacent to an activating group) is 1. The Balaban J connectivity index is 1.65. The van der Waals surface area contributed by atoms with Crippen LogP contribution in [0.5, 0.6) is 0 Å². The Morgan fingerprint density at radius 3 is 2.44 bits per heavy atom. The fourth-order valence-corrected chi connectivity index (χ4v) is 4.82. The SMILES string of the molecule is CN(C)c1ccc(CCCNC(=O)CN(C)C2CCS(=O)(=O)C2)cc1. The fourth-order valence-electron chi connectivity index (χ4n) is 3.02. The van der Waals surface area contributed by atoms with E-state index in [0.29, 0.717) is 13.0 Å². The maximum absolute atomic E-state index is 12.0. The molecule has 1 aliphatic heterocycles. The Bertz CT molecular complexity index is 671.